The van der Waals surface area contributed by atoms with E-state index in [0.29, 0.717) is 29.6 Å². The lowest BCUT2D eigenvalue weighted by atomic mass is 10.1. The third-order valence-electron chi connectivity index (χ3n) is 4.72. The second-order valence-corrected chi connectivity index (χ2v) is 7.59. The first-order chi connectivity index (χ1) is 14.6. The lowest BCUT2D eigenvalue weighted by Crippen LogP contribution is -2.31. The fourth-order valence-electron chi connectivity index (χ4n) is 3.30. The molecule has 0 spiro atoms. The summed E-state index contributed by atoms with van der Waals surface area (Å²) >= 11 is 1.05. The van der Waals surface area contributed by atoms with Crippen molar-refractivity contribution in [3.05, 3.63) is 71.3 Å². The van der Waals surface area contributed by atoms with Crippen molar-refractivity contribution in [2.24, 2.45) is 4.99 Å². The van der Waals surface area contributed by atoms with Crippen LogP contribution < -0.4 is 4.74 Å². The molecule has 0 radical (unpaired) electrons. The Balaban J connectivity index is 1.65. The number of amidine groups is 1. The Morgan fingerprint density at radius 3 is 2.80 bits per heavy atom. The van der Waals surface area contributed by atoms with Gasteiger partial charge in [-0.2, -0.15) is 0 Å². The third kappa shape index (κ3) is 3.95. The molecule has 0 saturated carbocycles. The van der Waals surface area contributed by atoms with Crippen LogP contribution in [0.5, 0.6) is 5.75 Å². The van der Waals surface area contributed by atoms with Crippen LogP contribution in [0, 0.1) is 0 Å². The highest BCUT2D eigenvalue weighted by Crippen LogP contribution is 2.35. The summed E-state index contributed by atoms with van der Waals surface area (Å²) in [6, 6.07) is 15.2. The molecule has 8 heteroatoms. The maximum absolute atomic E-state index is 12.9. The molecule has 7 nitrogen and oxygen atoms in total. The van der Waals surface area contributed by atoms with E-state index in [-0.39, 0.29) is 10.8 Å². The zero-order valence-electron chi connectivity index (χ0n) is 16.2. The van der Waals surface area contributed by atoms with Gasteiger partial charge in [-0.3, -0.25) is 9.69 Å². The fourth-order valence-corrected chi connectivity index (χ4v) is 4.28. The predicted octanol–water partition coefficient (Wildman–Crippen LogP) is 3.95. The van der Waals surface area contributed by atoms with Crippen molar-refractivity contribution >= 4 is 45.4 Å². The van der Waals surface area contributed by atoms with Crippen LogP contribution in [0.3, 0.4) is 0 Å². The number of H-pyrrole nitrogens is 1. The number of thioether (sulfide) groups is 1. The number of aromatic nitrogens is 1. The van der Waals surface area contributed by atoms with E-state index in [1.807, 2.05) is 42.6 Å². The number of amides is 1. The first kappa shape index (κ1) is 19.8. The molecular weight excluding hydrogens is 402 g/mol. The monoisotopic (exact) mass is 421 g/mol. The Kier molecular flexibility index (Phi) is 5.58. The molecule has 1 fully saturated rings. The quantitative estimate of drug-likeness (QED) is 0.588. The van der Waals surface area contributed by atoms with E-state index in [0.717, 1.165) is 34.3 Å². The number of aromatic amines is 1. The van der Waals surface area contributed by atoms with Gasteiger partial charge in [0.1, 0.15) is 11.4 Å². The Morgan fingerprint density at radius 1 is 1.23 bits per heavy atom. The third-order valence-corrected chi connectivity index (χ3v) is 5.73. The summed E-state index contributed by atoms with van der Waals surface area (Å²) in [6.07, 6.45) is 3.46. The summed E-state index contributed by atoms with van der Waals surface area (Å²) < 4.78 is 5.34. The molecule has 1 aliphatic heterocycles. The lowest BCUT2D eigenvalue weighted by Gasteiger charge is -2.15. The van der Waals surface area contributed by atoms with Crippen molar-refractivity contribution < 1.29 is 19.4 Å². The van der Waals surface area contributed by atoms with Crippen molar-refractivity contribution in [3.63, 3.8) is 0 Å². The van der Waals surface area contributed by atoms with Gasteiger partial charge in [0.15, 0.2) is 5.17 Å². The SMILES string of the molecule is COc1ccccc1N=C1SC(=CC(=O)O)C(=O)N1CCc1c[nH]c2ccccc12. The summed E-state index contributed by atoms with van der Waals surface area (Å²) in [4.78, 5) is 33.5. The Bertz CT molecular complexity index is 1180. The number of nitrogens with one attached hydrogen (secondary N) is 1. The van der Waals surface area contributed by atoms with Crippen LogP contribution >= 0.6 is 11.8 Å². The Labute approximate surface area is 177 Å². The van der Waals surface area contributed by atoms with Crippen molar-refractivity contribution in [2.75, 3.05) is 13.7 Å². The molecule has 0 atom stereocenters. The van der Waals surface area contributed by atoms with E-state index in [4.69, 9.17) is 9.84 Å². The second kappa shape index (κ2) is 8.46. The van der Waals surface area contributed by atoms with Crippen LogP contribution in [0.2, 0.25) is 0 Å². The molecule has 2 aromatic carbocycles. The number of rotatable bonds is 6. The number of methoxy groups -OCH3 is 1. The number of hydrogen-bond donors (Lipinski definition) is 2. The van der Waals surface area contributed by atoms with E-state index in [1.54, 1.807) is 19.2 Å². The summed E-state index contributed by atoms with van der Waals surface area (Å²) in [6.45, 7) is 0.374. The number of carboxylic acid groups (broad SMARTS) is 1. The van der Waals surface area contributed by atoms with E-state index >= 15 is 0 Å². The summed E-state index contributed by atoms with van der Waals surface area (Å²) in [5.74, 6) is -0.956. The van der Waals surface area contributed by atoms with Gasteiger partial charge in [-0.05, 0) is 41.9 Å². The van der Waals surface area contributed by atoms with Crippen LogP contribution in [0.25, 0.3) is 10.9 Å². The molecular formula is C22H19N3O4S. The average Bonchev–Trinajstić information content (AvgIpc) is 3.28. The highest BCUT2D eigenvalue weighted by Gasteiger charge is 2.34. The number of ether oxygens (including phenoxy) is 1. The van der Waals surface area contributed by atoms with Crippen LogP contribution in [0.4, 0.5) is 5.69 Å². The number of aliphatic carboxylic acids is 1. The molecule has 0 unspecified atom stereocenters. The Morgan fingerprint density at radius 2 is 2.00 bits per heavy atom. The van der Waals surface area contributed by atoms with Crippen molar-refractivity contribution in [3.8, 4) is 5.75 Å². The molecule has 3 aromatic rings. The van der Waals surface area contributed by atoms with Gasteiger partial charge in [0.05, 0.1) is 12.0 Å². The zero-order chi connectivity index (χ0) is 21.1. The van der Waals surface area contributed by atoms with Gasteiger partial charge in [0, 0.05) is 29.7 Å². The van der Waals surface area contributed by atoms with Gasteiger partial charge >= 0.3 is 5.97 Å². The molecule has 0 bridgehead atoms. The van der Waals surface area contributed by atoms with Crippen molar-refractivity contribution in [2.45, 2.75) is 6.42 Å². The van der Waals surface area contributed by atoms with Gasteiger partial charge in [-0.1, -0.05) is 30.3 Å². The van der Waals surface area contributed by atoms with Crippen LogP contribution in [-0.4, -0.2) is 45.7 Å². The number of nitrogens with zero attached hydrogens (tertiary/aromatic N) is 2. The van der Waals surface area contributed by atoms with E-state index in [2.05, 4.69) is 9.98 Å². The van der Waals surface area contributed by atoms with E-state index < -0.39 is 5.97 Å². The van der Waals surface area contributed by atoms with Crippen molar-refractivity contribution in [1.29, 1.82) is 0 Å². The average molecular weight is 421 g/mol. The van der Waals surface area contributed by atoms with Gasteiger partial charge < -0.3 is 14.8 Å². The minimum absolute atomic E-state index is 0.134. The van der Waals surface area contributed by atoms with Crippen LogP contribution in [-0.2, 0) is 16.0 Å². The molecule has 2 heterocycles. The maximum atomic E-state index is 12.9. The number of hydrogen-bond acceptors (Lipinski definition) is 5. The molecule has 2 N–H and O–H groups in total. The van der Waals surface area contributed by atoms with Gasteiger partial charge in [-0.25, -0.2) is 9.79 Å². The molecule has 1 aromatic heterocycles. The van der Waals surface area contributed by atoms with Gasteiger partial charge in [0.2, 0.25) is 0 Å². The molecule has 4 rings (SSSR count). The number of carbonyl (C=O) groups excluding carboxylic acids is 1. The summed E-state index contributed by atoms with van der Waals surface area (Å²) in [7, 11) is 1.55. The number of carbonyl (C=O) groups is 2. The maximum Gasteiger partial charge on any atom is 0.329 e. The normalized spacial score (nSPS) is 16.7. The molecule has 152 valence electrons. The predicted molar refractivity (Wildman–Crippen MR) is 117 cm³/mol. The van der Waals surface area contributed by atoms with Gasteiger partial charge in [-0.15, -0.1) is 0 Å². The van der Waals surface area contributed by atoms with E-state index in [1.165, 1.54) is 4.90 Å². The molecule has 0 aliphatic carbocycles. The fraction of sp³-hybridized carbons (Fsp3) is 0.136. The highest BCUT2D eigenvalue weighted by molar-refractivity contribution is 8.18. The van der Waals surface area contributed by atoms with Crippen LogP contribution in [0.1, 0.15) is 5.56 Å². The molecule has 1 aliphatic rings. The minimum atomic E-state index is -1.17. The van der Waals surface area contributed by atoms with Crippen molar-refractivity contribution in [1.82, 2.24) is 9.88 Å². The molecule has 30 heavy (non-hydrogen) atoms. The zero-order valence-corrected chi connectivity index (χ0v) is 17.0. The standard InChI is InChI=1S/C22H19N3O4S/c1-29-18-9-5-4-8-17(18)24-22-25(21(28)19(30-22)12-20(26)27)11-10-14-13-23-16-7-3-2-6-15(14)16/h2-9,12-13,23H,10-11H2,1H3,(H,26,27). The lowest BCUT2D eigenvalue weighted by molar-refractivity contribution is -0.132. The number of para-hydroxylation sites is 3. The van der Waals surface area contributed by atoms with Crippen LogP contribution in [0.15, 0.2) is 70.7 Å². The first-order valence-corrected chi connectivity index (χ1v) is 10.1. The number of fused-ring (bicyclic) bond motifs is 1. The van der Waals surface area contributed by atoms with E-state index in [9.17, 15) is 9.59 Å². The summed E-state index contributed by atoms with van der Waals surface area (Å²) in [5, 5.41) is 10.6. The molecule has 1 amide bonds. The molecule has 1 saturated heterocycles. The Hall–Kier alpha value is -3.52. The number of benzene rings is 2. The van der Waals surface area contributed by atoms with Gasteiger partial charge in [0.25, 0.3) is 5.91 Å². The topological polar surface area (TPSA) is 95.0 Å². The largest absolute Gasteiger partial charge is 0.494 e. The smallest absolute Gasteiger partial charge is 0.329 e. The summed E-state index contributed by atoms with van der Waals surface area (Å²) in [5.41, 5.74) is 2.68. The number of aliphatic imine (C=N–C) groups is 1. The number of carboxylic acids is 1. The minimum Gasteiger partial charge on any atom is -0.494 e. The first-order valence-electron chi connectivity index (χ1n) is 9.28. The highest BCUT2D eigenvalue weighted by atomic mass is 32.2. The second-order valence-electron chi connectivity index (χ2n) is 6.58.